The van der Waals surface area contributed by atoms with E-state index in [4.69, 9.17) is 0 Å². The van der Waals surface area contributed by atoms with Crippen LogP contribution in [-0.4, -0.2) is 10.9 Å². The van der Waals surface area contributed by atoms with Crippen molar-refractivity contribution in [1.82, 2.24) is 4.98 Å². The summed E-state index contributed by atoms with van der Waals surface area (Å²) in [5.74, 6) is 0.227. The Morgan fingerprint density at radius 2 is 1.95 bits per heavy atom. The van der Waals surface area contributed by atoms with E-state index in [2.05, 4.69) is 24.1 Å². The van der Waals surface area contributed by atoms with E-state index in [1.54, 1.807) is 0 Å². The third-order valence-corrected chi connectivity index (χ3v) is 4.12. The first-order chi connectivity index (χ1) is 9.24. The minimum Gasteiger partial charge on any atom is -0.302 e. The lowest BCUT2D eigenvalue weighted by Gasteiger charge is -2.13. The molecule has 0 saturated heterocycles. The molecule has 0 bridgehead atoms. The molecule has 2 aromatic rings. The molecule has 0 fully saturated rings. The first-order valence-electron chi connectivity index (χ1n) is 6.91. The molecular formula is C15H20N2OS. The number of rotatable bonds is 6. The van der Waals surface area contributed by atoms with Crippen molar-refractivity contribution in [3.63, 3.8) is 0 Å². The second-order valence-electron chi connectivity index (χ2n) is 4.75. The summed E-state index contributed by atoms with van der Waals surface area (Å²) in [5.41, 5.74) is 0.949. The van der Waals surface area contributed by atoms with E-state index < -0.39 is 0 Å². The first kappa shape index (κ1) is 14.0. The molecule has 0 aliphatic rings. The van der Waals surface area contributed by atoms with Gasteiger partial charge in [-0.05, 0) is 25.0 Å². The Kier molecular flexibility index (Phi) is 4.91. The molecule has 4 heteroatoms. The number of fused-ring (bicyclic) bond motifs is 1. The zero-order chi connectivity index (χ0) is 13.7. The van der Waals surface area contributed by atoms with Crippen LogP contribution in [0.2, 0.25) is 0 Å². The van der Waals surface area contributed by atoms with Crippen LogP contribution in [0.5, 0.6) is 0 Å². The van der Waals surface area contributed by atoms with Crippen molar-refractivity contribution in [2.75, 3.05) is 5.32 Å². The first-order valence-corrected chi connectivity index (χ1v) is 7.72. The molecule has 19 heavy (non-hydrogen) atoms. The molecule has 2 rings (SSSR count). The molecule has 3 nitrogen and oxygen atoms in total. The highest BCUT2D eigenvalue weighted by Gasteiger charge is 2.17. The van der Waals surface area contributed by atoms with Gasteiger partial charge in [0.2, 0.25) is 5.91 Å². The summed E-state index contributed by atoms with van der Waals surface area (Å²) in [7, 11) is 0. The molecule has 1 aromatic heterocycles. The molecule has 102 valence electrons. The SMILES string of the molecule is CCCC(CCC)C(=O)Nc1nc2ccccc2s1. The maximum Gasteiger partial charge on any atom is 0.229 e. The molecule has 0 radical (unpaired) electrons. The van der Waals surface area contributed by atoms with Gasteiger partial charge in [0.05, 0.1) is 10.2 Å². The Hall–Kier alpha value is -1.42. The highest BCUT2D eigenvalue weighted by molar-refractivity contribution is 7.22. The average molecular weight is 276 g/mol. The molecule has 0 spiro atoms. The highest BCUT2D eigenvalue weighted by Crippen LogP contribution is 2.26. The summed E-state index contributed by atoms with van der Waals surface area (Å²) >= 11 is 1.54. The number of hydrogen-bond donors (Lipinski definition) is 1. The van der Waals surface area contributed by atoms with Gasteiger partial charge in [-0.2, -0.15) is 0 Å². The van der Waals surface area contributed by atoms with Crippen molar-refractivity contribution in [2.24, 2.45) is 5.92 Å². The monoisotopic (exact) mass is 276 g/mol. The number of thiazole rings is 1. The summed E-state index contributed by atoms with van der Waals surface area (Å²) in [5, 5.41) is 3.68. The molecule has 1 aromatic carbocycles. The second kappa shape index (κ2) is 6.66. The van der Waals surface area contributed by atoms with E-state index in [0.717, 1.165) is 35.9 Å². The fourth-order valence-corrected chi connectivity index (χ4v) is 3.11. The van der Waals surface area contributed by atoms with E-state index >= 15 is 0 Å². The largest absolute Gasteiger partial charge is 0.302 e. The molecule has 0 unspecified atom stereocenters. The summed E-state index contributed by atoms with van der Waals surface area (Å²) in [6, 6.07) is 7.95. The topological polar surface area (TPSA) is 42.0 Å². The Morgan fingerprint density at radius 3 is 2.58 bits per heavy atom. The van der Waals surface area contributed by atoms with Gasteiger partial charge in [0.15, 0.2) is 5.13 Å². The van der Waals surface area contributed by atoms with Crippen molar-refractivity contribution in [3.05, 3.63) is 24.3 Å². The van der Waals surface area contributed by atoms with Gasteiger partial charge in [0, 0.05) is 5.92 Å². The van der Waals surface area contributed by atoms with Crippen molar-refractivity contribution in [2.45, 2.75) is 39.5 Å². The van der Waals surface area contributed by atoms with Gasteiger partial charge in [-0.1, -0.05) is 50.2 Å². The Labute approximate surface area is 118 Å². The van der Waals surface area contributed by atoms with Crippen LogP contribution in [0.4, 0.5) is 5.13 Å². The van der Waals surface area contributed by atoms with Crippen LogP contribution < -0.4 is 5.32 Å². The molecule has 0 aliphatic heterocycles. The predicted molar refractivity (Wildman–Crippen MR) is 81.6 cm³/mol. The van der Waals surface area contributed by atoms with Gasteiger partial charge in [-0.15, -0.1) is 0 Å². The summed E-state index contributed by atoms with van der Waals surface area (Å²) in [4.78, 5) is 16.7. The summed E-state index contributed by atoms with van der Waals surface area (Å²) in [6.07, 6.45) is 3.98. The summed E-state index contributed by atoms with van der Waals surface area (Å²) in [6.45, 7) is 4.24. The van der Waals surface area contributed by atoms with Gasteiger partial charge < -0.3 is 5.32 Å². The number of nitrogens with one attached hydrogen (secondary N) is 1. The lowest BCUT2D eigenvalue weighted by atomic mass is 9.97. The van der Waals surface area contributed by atoms with Crippen LogP contribution in [0.3, 0.4) is 0 Å². The fourth-order valence-electron chi connectivity index (χ4n) is 2.24. The van der Waals surface area contributed by atoms with Crippen LogP contribution in [0, 0.1) is 5.92 Å². The van der Waals surface area contributed by atoms with Crippen LogP contribution in [0.25, 0.3) is 10.2 Å². The molecule has 0 aliphatic carbocycles. The number of anilines is 1. The minimum atomic E-state index is 0.113. The van der Waals surface area contributed by atoms with E-state index in [-0.39, 0.29) is 11.8 Å². The number of carbonyl (C=O) groups excluding carboxylic acids is 1. The third kappa shape index (κ3) is 3.53. The van der Waals surface area contributed by atoms with Gasteiger partial charge in [0.1, 0.15) is 0 Å². The van der Waals surface area contributed by atoms with E-state index in [0.29, 0.717) is 5.13 Å². The Bertz CT molecular complexity index is 511. The Balaban J connectivity index is 2.08. The molecule has 1 amide bonds. The van der Waals surface area contributed by atoms with Crippen LogP contribution >= 0.6 is 11.3 Å². The minimum absolute atomic E-state index is 0.113. The normalized spacial score (nSPS) is 11.1. The van der Waals surface area contributed by atoms with Gasteiger partial charge in [-0.25, -0.2) is 4.98 Å². The van der Waals surface area contributed by atoms with Crippen molar-refractivity contribution in [1.29, 1.82) is 0 Å². The maximum atomic E-state index is 12.2. The van der Waals surface area contributed by atoms with Crippen molar-refractivity contribution < 1.29 is 4.79 Å². The van der Waals surface area contributed by atoms with E-state index in [9.17, 15) is 4.79 Å². The number of hydrogen-bond acceptors (Lipinski definition) is 3. The third-order valence-electron chi connectivity index (χ3n) is 3.17. The van der Waals surface area contributed by atoms with Gasteiger partial charge in [0.25, 0.3) is 0 Å². The standard InChI is InChI=1S/C15H20N2OS/c1-3-7-11(8-4-2)14(18)17-15-16-12-9-5-6-10-13(12)19-15/h5-6,9-11H,3-4,7-8H2,1-2H3,(H,16,17,18). The number of aromatic nitrogens is 1. The molecular weight excluding hydrogens is 256 g/mol. The fraction of sp³-hybridized carbons (Fsp3) is 0.467. The van der Waals surface area contributed by atoms with Crippen LogP contribution in [-0.2, 0) is 4.79 Å². The van der Waals surface area contributed by atoms with Crippen LogP contribution in [0.15, 0.2) is 24.3 Å². The van der Waals surface area contributed by atoms with Crippen molar-refractivity contribution >= 4 is 32.6 Å². The molecule has 1 N–H and O–H groups in total. The van der Waals surface area contributed by atoms with Crippen LogP contribution in [0.1, 0.15) is 39.5 Å². The second-order valence-corrected chi connectivity index (χ2v) is 5.78. The number of amides is 1. The lowest BCUT2D eigenvalue weighted by Crippen LogP contribution is -2.22. The van der Waals surface area contributed by atoms with E-state index in [1.807, 2.05) is 24.3 Å². The zero-order valence-corrected chi connectivity index (χ0v) is 12.3. The van der Waals surface area contributed by atoms with E-state index in [1.165, 1.54) is 11.3 Å². The maximum absolute atomic E-state index is 12.2. The van der Waals surface area contributed by atoms with Gasteiger partial charge >= 0.3 is 0 Å². The smallest absolute Gasteiger partial charge is 0.229 e. The molecule has 1 heterocycles. The molecule has 0 saturated carbocycles. The number of para-hydroxylation sites is 1. The predicted octanol–water partition coefficient (Wildman–Crippen LogP) is 4.45. The van der Waals surface area contributed by atoms with Crippen molar-refractivity contribution in [3.8, 4) is 0 Å². The lowest BCUT2D eigenvalue weighted by molar-refractivity contribution is -0.120. The number of nitrogens with zero attached hydrogens (tertiary/aromatic N) is 1. The number of carbonyl (C=O) groups is 1. The van der Waals surface area contributed by atoms with Gasteiger partial charge in [-0.3, -0.25) is 4.79 Å². The molecule has 0 atom stereocenters. The number of benzene rings is 1. The highest BCUT2D eigenvalue weighted by atomic mass is 32.1. The average Bonchev–Trinajstić information content (AvgIpc) is 2.80. The zero-order valence-electron chi connectivity index (χ0n) is 11.5. The quantitative estimate of drug-likeness (QED) is 0.846. The Morgan fingerprint density at radius 1 is 1.26 bits per heavy atom. The summed E-state index contributed by atoms with van der Waals surface area (Å²) < 4.78 is 1.11.